The highest BCUT2D eigenvalue weighted by Crippen LogP contribution is 2.36. The van der Waals surface area contributed by atoms with E-state index in [-0.39, 0.29) is 13.2 Å². The van der Waals surface area contributed by atoms with E-state index in [2.05, 4.69) is 10.0 Å². The third kappa shape index (κ3) is 5.39. The number of benzene rings is 1. The van der Waals surface area contributed by atoms with E-state index < -0.39 is 68.0 Å². The summed E-state index contributed by atoms with van der Waals surface area (Å²) < 4.78 is 46.2. The third-order valence-corrected chi connectivity index (χ3v) is 6.46. The lowest BCUT2D eigenvalue weighted by atomic mass is 9.96. The largest absolute Gasteiger partial charge is 0.497 e. The monoisotopic (exact) mass is 497 g/mol. The van der Waals surface area contributed by atoms with Gasteiger partial charge in [0.1, 0.15) is 48.4 Å². The zero-order valence-electron chi connectivity index (χ0n) is 19.7. The topological polar surface area (TPSA) is 163 Å². The molecule has 1 aromatic rings. The maximum atomic E-state index is 10.7. The molecule has 3 fully saturated rings. The van der Waals surface area contributed by atoms with Gasteiger partial charge in [0.05, 0.1) is 33.0 Å². The van der Waals surface area contributed by atoms with Crippen LogP contribution in [0.4, 0.5) is 0 Å². The molecule has 3 aliphatic heterocycles. The number of methoxy groups -OCH3 is 3. The molecule has 0 amide bonds. The summed E-state index contributed by atoms with van der Waals surface area (Å²) in [5, 5.41) is 24.3. The molecule has 0 unspecified atom stereocenters. The van der Waals surface area contributed by atoms with Crippen molar-refractivity contribution in [3.63, 3.8) is 0 Å². The number of ether oxygens (including phenoxy) is 8. The first-order valence-electron chi connectivity index (χ1n) is 11.3. The van der Waals surface area contributed by atoms with E-state index in [1.165, 1.54) is 14.2 Å². The molecule has 2 bridgehead atoms. The van der Waals surface area contributed by atoms with Crippen LogP contribution < -0.4 is 4.74 Å². The number of hydrogen-bond donors (Lipinski definition) is 2. The second kappa shape index (κ2) is 11.8. The molecule has 35 heavy (non-hydrogen) atoms. The zero-order valence-corrected chi connectivity index (χ0v) is 19.7. The second-order valence-corrected chi connectivity index (χ2v) is 8.41. The van der Waals surface area contributed by atoms with Crippen LogP contribution in [0.5, 0.6) is 5.75 Å². The van der Waals surface area contributed by atoms with Crippen LogP contribution in [0.25, 0.3) is 10.4 Å². The molecule has 3 aliphatic rings. The van der Waals surface area contributed by atoms with Crippen LogP contribution in [0.15, 0.2) is 29.4 Å². The van der Waals surface area contributed by atoms with Gasteiger partial charge in [0.2, 0.25) is 0 Å². The highest BCUT2D eigenvalue weighted by Gasteiger charge is 2.55. The standard InChI is InChI=1S/C22H31N3O10/c1-28-12-6-4-11(5-7-12)9-31-20-19(30-3)16(27)13(8-26)33-22(20)35-17-14-10-32-21(34-14)15(24-25-23)18(17)29-2/h4-7,13-22,26-27H,8-10H2,1-3H3/t13-,14+,15+,16+,17+,18+,19-,20+,21+,22-/m0/s1. The number of aliphatic hydroxyl groups is 2. The van der Waals surface area contributed by atoms with E-state index in [4.69, 9.17) is 43.4 Å². The van der Waals surface area contributed by atoms with Gasteiger partial charge in [-0.3, -0.25) is 0 Å². The Bertz CT molecular complexity index is 870. The van der Waals surface area contributed by atoms with Crippen LogP contribution in [0, 0.1) is 0 Å². The van der Waals surface area contributed by atoms with Gasteiger partial charge in [-0.25, -0.2) is 0 Å². The summed E-state index contributed by atoms with van der Waals surface area (Å²) in [4.78, 5) is 2.88. The van der Waals surface area contributed by atoms with Crippen molar-refractivity contribution in [2.75, 3.05) is 34.5 Å². The highest BCUT2D eigenvalue weighted by atomic mass is 16.8. The lowest BCUT2D eigenvalue weighted by Gasteiger charge is -2.46. The van der Waals surface area contributed by atoms with Gasteiger partial charge in [0.25, 0.3) is 0 Å². The number of fused-ring (bicyclic) bond motifs is 2. The van der Waals surface area contributed by atoms with Crippen molar-refractivity contribution in [3.8, 4) is 5.75 Å². The predicted octanol–water partition coefficient (Wildman–Crippen LogP) is 0.508. The van der Waals surface area contributed by atoms with Gasteiger partial charge in [0, 0.05) is 19.1 Å². The predicted molar refractivity (Wildman–Crippen MR) is 117 cm³/mol. The van der Waals surface area contributed by atoms with Crippen molar-refractivity contribution in [1.29, 1.82) is 0 Å². The molecule has 2 N–H and O–H groups in total. The third-order valence-electron chi connectivity index (χ3n) is 6.46. The van der Waals surface area contributed by atoms with Gasteiger partial charge in [-0.2, -0.15) is 0 Å². The number of nitrogens with zero attached hydrogens (tertiary/aromatic N) is 3. The summed E-state index contributed by atoms with van der Waals surface area (Å²) in [5.41, 5.74) is 9.86. The summed E-state index contributed by atoms with van der Waals surface area (Å²) in [7, 11) is 4.49. The van der Waals surface area contributed by atoms with Crippen molar-refractivity contribution in [1.82, 2.24) is 0 Å². The number of azide groups is 1. The van der Waals surface area contributed by atoms with Gasteiger partial charge in [-0.05, 0) is 23.2 Å². The molecule has 4 rings (SSSR count). The summed E-state index contributed by atoms with van der Waals surface area (Å²) in [6, 6.07) is 6.54. The van der Waals surface area contributed by atoms with E-state index in [1.54, 1.807) is 7.11 Å². The molecule has 10 atom stereocenters. The van der Waals surface area contributed by atoms with E-state index in [0.29, 0.717) is 5.75 Å². The molecular weight excluding hydrogens is 466 g/mol. The molecule has 1 aromatic carbocycles. The Morgan fingerprint density at radius 1 is 1.06 bits per heavy atom. The Morgan fingerprint density at radius 2 is 1.80 bits per heavy atom. The molecule has 0 spiro atoms. The highest BCUT2D eigenvalue weighted by molar-refractivity contribution is 5.26. The molecule has 3 heterocycles. The van der Waals surface area contributed by atoms with Crippen LogP contribution in [0.3, 0.4) is 0 Å². The molecule has 0 aliphatic carbocycles. The molecule has 13 heteroatoms. The van der Waals surface area contributed by atoms with Crippen molar-refractivity contribution >= 4 is 0 Å². The number of hydrogen-bond acceptors (Lipinski definition) is 11. The Morgan fingerprint density at radius 3 is 2.43 bits per heavy atom. The Kier molecular flexibility index (Phi) is 8.78. The summed E-state index contributed by atoms with van der Waals surface area (Å²) in [6.07, 6.45) is -7.66. The minimum atomic E-state index is -1.17. The van der Waals surface area contributed by atoms with Crippen LogP contribution in [-0.2, 0) is 39.8 Å². The normalized spacial score (nSPS) is 38.7. The van der Waals surface area contributed by atoms with Crippen molar-refractivity contribution in [2.24, 2.45) is 5.11 Å². The first kappa shape index (κ1) is 26.0. The van der Waals surface area contributed by atoms with Crippen LogP contribution in [0.1, 0.15) is 5.56 Å². The van der Waals surface area contributed by atoms with Crippen LogP contribution in [-0.4, -0.2) is 106 Å². The zero-order chi connectivity index (χ0) is 24.9. The van der Waals surface area contributed by atoms with Crippen LogP contribution in [0.2, 0.25) is 0 Å². The first-order chi connectivity index (χ1) is 17.0. The second-order valence-electron chi connectivity index (χ2n) is 8.41. The van der Waals surface area contributed by atoms with E-state index in [1.807, 2.05) is 24.3 Å². The Labute approximate surface area is 202 Å². The van der Waals surface area contributed by atoms with Crippen molar-refractivity contribution in [3.05, 3.63) is 40.3 Å². The van der Waals surface area contributed by atoms with Gasteiger partial charge < -0.3 is 48.1 Å². The molecule has 0 saturated carbocycles. The molecule has 0 radical (unpaired) electrons. The smallest absolute Gasteiger partial charge is 0.187 e. The summed E-state index contributed by atoms with van der Waals surface area (Å²) >= 11 is 0. The van der Waals surface area contributed by atoms with Gasteiger partial charge in [-0.1, -0.05) is 17.2 Å². The van der Waals surface area contributed by atoms with Crippen molar-refractivity contribution in [2.45, 2.75) is 68.0 Å². The fourth-order valence-electron chi connectivity index (χ4n) is 4.64. The maximum absolute atomic E-state index is 10.7. The average Bonchev–Trinajstić information content (AvgIpc) is 3.32. The lowest BCUT2D eigenvalue weighted by Crippen LogP contribution is -2.63. The molecule has 13 nitrogen and oxygen atoms in total. The van der Waals surface area contributed by atoms with E-state index in [0.717, 1.165) is 5.56 Å². The Hall–Kier alpha value is -2.03. The maximum Gasteiger partial charge on any atom is 0.187 e. The van der Waals surface area contributed by atoms with Gasteiger partial charge >= 0.3 is 0 Å². The molecule has 0 aromatic heterocycles. The molecule has 194 valence electrons. The molecular formula is C22H31N3O10. The van der Waals surface area contributed by atoms with Crippen LogP contribution >= 0.6 is 0 Å². The Balaban J connectivity index is 1.56. The van der Waals surface area contributed by atoms with E-state index in [9.17, 15) is 10.2 Å². The fraction of sp³-hybridized carbons (Fsp3) is 0.727. The number of aliphatic hydroxyl groups excluding tert-OH is 2. The quantitative estimate of drug-likeness (QED) is 0.264. The summed E-state index contributed by atoms with van der Waals surface area (Å²) in [6.45, 7) is -0.0908. The fourth-order valence-corrected chi connectivity index (χ4v) is 4.64. The minimum absolute atomic E-state index is 0.166. The minimum Gasteiger partial charge on any atom is -0.497 e. The summed E-state index contributed by atoms with van der Waals surface area (Å²) in [5.74, 6) is 0.710. The average molecular weight is 498 g/mol. The first-order valence-corrected chi connectivity index (χ1v) is 11.3. The van der Waals surface area contributed by atoms with Gasteiger partial charge in [-0.15, -0.1) is 0 Å². The van der Waals surface area contributed by atoms with E-state index >= 15 is 0 Å². The molecule has 3 saturated heterocycles. The van der Waals surface area contributed by atoms with Gasteiger partial charge in [0.15, 0.2) is 12.6 Å². The number of rotatable bonds is 10. The van der Waals surface area contributed by atoms with Crippen molar-refractivity contribution < 1.29 is 48.1 Å². The lowest BCUT2D eigenvalue weighted by molar-refractivity contribution is -0.342. The SMILES string of the molecule is COc1ccc(CO[C@H]2[C@H](O[C@H]3[C@H](OC)[C@@H](N=[N+]=[N-])[C@@H]4OC[C@H]3O4)O[C@@H](CO)[C@@H](O)[C@@H]2OC)cc1.